The molecular weight excluding hydrogens is 246 g/mol. The van der Waals surface area contributed by atoms with Gasteiger partial charge in [0, 0.05) is 17.2 Å². The van der Waals surface area contributed by atoms with Crippen LogP contribution in [-0.2, 0) is 0 Å². The van der Waals surface area contributed by atoms with Crippen LogP contribution in [0.1, 0.15) is 28.0 Å². The number of carbonyl (C=O) groups excluding carboxylic acids is 1. The van der Waals surface area contributed by atoms with Gasteiger partial charge in [-0.1, -0.05) is 0 Å². The number of carbonyl (C=O) groups is 1. The molecule has 1 rings (SSSR count). The van der Waals surface area contributed by atoms with Gasteiger partial charge >= 0.3 is 12.2 Å². The molecule has 86 valence electrons. The van der Waals surface area contributed by atoms with Crippen LogP contribution in [0.15, 0.2) is 6.07 Å². The van der Waals surface area contributed by atoms with Gasteiger partial charge in [0.15, 0.2) is 0 Å². The molecule has 1 heterocycles. The smallest absolute Gasteiger partial charge is 0.358 e. The molecule has 0 fully saturated rings. The molecule has 0 radical (unpaired) electrons. The lowest BCUT2D eigenvalue weighted by Crippen LogP contribution is -2.05. The van der Waals surface area contributed by atoms with Crippen LogP contribution in [0.2, 0.25) is 0 Å². The van der Waals surface area contributed by atoms with E-state index in [1.807, 2.05) is 0 Å². The van der Waals surface area contributed by atoms with Crippen molar-refractivity contribution in [1.82, 2.24) is 4.98 Å². The average Bonchev–Trinajstić information content (AvgIpc) is 2.16. The number of aromatic nitrogens is 1. The Kier molecular flexibility index (Phi) is 3.48. The molecule has 0 saturated heterocycles. The number of nitrogens with zero attached hydrogens (tertiary/aromatic N) is 2. The molecule has 8 heteroatoms. The van der Waals surface area contributed by atoms with E-state index in [2.05, 4.69) is 4.98 Å². The lowest BCUT2D eigenvalue weighted by molar-refractivity contribution is -0.389. The Morgan fingerprint density at radius 1 is 1.62 bits per heavy atom. The molecule has 1 aromatic rings. The van der Waals surface area contributed by atoms with E-state index in [4.69, 9.17) is 11.6 Å². The first-order valence-electron chi connectivity index (χ1n) is 3.98. The minimum absolute atomic E-state index is 0.152. The van der Waals surface area contributed by atoms with Crippen molar-refractivity contribution in [3.8, 4) is 0 Å². The van der Waals surface area contributed by atoms with Crippen LogP contribution < -0.4 is 0 Å². The number of halogens is 3. The largest absolute Gasteiger partial charge is 0.364 e. The van der Waals surface area contributed by atoms with Gasteiger partial charge in [-0.05, 0) is 28.4 Å². The molecule has 16 heavy (non-hydrogen) atoms. The van der Waals surface area contributed by atoms with Gasteiger partial charge < -0.3 is 10.1 Å². The van der Waals surface area contributed by atoms with E-state index >= 15 is 0 Å². The fourth-order valence-corrected chi connectivity index (χ4v) is 1.32. The molecule has 0 atom stereocenters. The van der Waals surface area contributed by atoms with Crippen LogP contribution >= 0.6 is 11.6 Å². The Hall–Kier alpha value is -1.63. The lowest BCUT2D eigenvalue weighted by Gasteiger charge is -2.03. The Bertz CT molecular complexity index is 465. The summed E-state index contributed by atoms with van der Waals surface area (Å²) in [5.74, 6) is -0.829. The van der Waals surface area contributed by atoms with Crippen molar-refractivity contribution in [2.75, 3.05) is 0 Å². The minimum Gasteiger partial charge on any atom is -0.358 e. The fourth-order valence-electron chi connectivity index (χ4n) is 1.13. The predicted octanol–water partition coefficient (Wildman–Crippen LogP) is 2.61. The Morgan fingerprint density at radius 2 is 2.19 bits per heavy atom. The minimum atomic E-state index is -3.00. The van der Waals surface area contributed by atoms with Gasteiger partial charge in [0.25, 0.3) is 5.24 Å². The fraction of sp³-hybridized carbons (Fsp3) is 0.250. The van der Waals surface area contributed by atoms with E-state index in [-0.39, 0.29) is 11.1 Å². The standard InChI is InChI=1S/C8H5ClF2N2O3/c1-3-4(7(9)14)2-5(13(15)16)12-6(3)8(10)11/h2,8H,1H3. The maximum absolute atomic E-state index is 12.5. The highest BCUT2D eigenvalue weighted by Gasteiger charge is 2.26. The second-order valence-corrected chi connectivity index (χ2v) is 3.21. The third kappa shape index (κ3) is 2.30. The van der Waals surface area contributed by atoms with Crippen molar-refractivity contribution in [2.24, 2.45) is 0 Å². The van der Waals surface area contributed by atoms with Gasteiger partial charge in [-0.2, -0.15) is 0 Å². The first kappa shape index (κ1) is 12.4. The number of rotatable bonds is 3. The average molecular weight is 251 g/mol. The van der Waals surface area contributed by atoms with E-state index in [1.165, 1.54) is 6.92 Å². The van der Waals surface area contributed by atoms with Gasteiger partial charge in [-0.25, -0.2) is 8.78 Å². The highest BCUT2D eigenvalue weighted by molar-refractivity contribution is 6.68. The van der Waals surface area contributed by atoms with Gasteiger partial charge in [-0.15, -0.1) is 0 Å². The molecular formula is C8H5ClF2N2O3. The van der Waals surface area contributed by atoms with E-state index < -0.39 is 28.1 Å². The summed E-state index contributed by atoms with van der Waals surface area (Å²) in [7, 11) is 0. The van der Waals surface area contributed by atoms with Crippen molar-refractivity contribution in [3.63, 3.8) is 0 Å². The molecule has 0 saturated carbocycles. The van der Waals surface area contributed by atoms with E-state index in [0.717, 1.165) is 6.07 Å². The third-order valence-corrected chi connectivity index (χ3v) is 2.11. The summed E-state index contributed by atoms with van der Waals surface area (Å²) in [4.78, 5) is 23.5. The summed E-state index contributed by atoms with van der Waals surface area (Å²) in [6.07, 6.45) is -3.00. The van der Waals surface area contributed by atoms with Crippen LogP contribution in [0.4, 0.5) is 14.6 Å². The van der Waals surface area contributed by atoms with Gasteiger partial charge in [0.2, 0.25) is 5.69 Å². The molecule has 0 amide bonds. The summed E-state index contributed by atoms with van der Waals surface area (Å²) >= 11 is 5.13. The van der Waals surface area contributed by atoms with Crippen molar-refractivity contribution in [1.29, 1.82) is 0 Å². The second-order valence-electron chi connectivity index (χ2n) is 2.87. The maximum Gasteiger partial charge on any atom is 0.364 e. The highest BCUT2D eigenvalue weighted by Crippen LogP contribution is 2.27. The summed E-state index contributed by atoms with van der Waals surface area (Å²) in [5, 5.41) is 9.37. The van der Waals surface area contributed by atoms with Gasteiger partial charge in [0.1, 0.15) is 0 Å². The second kappa shape index (κ2) is 4.48. The molecule has 0 N–H and O–H groups in total. The monoisotopic (exact) mass is 250 g/mol. The van der Waals surface area contributed by atoms with Gasteiger partial charge in [0.05, 0.1) is 0 Å². The van der Waals surface area contributed by atoms with E-state index in [9.17, 15) is 23.7 Å². The summed E-state index contributed by atoms with van der Waals surface area (Å²) in [6.45, 7) is 1.20. The first-order valence-corrected chi connectivity index (χ1v) is 4.36. The molecule has 0 aliphatic rings. The van der Waals surface area contributed by atoms with Crippen molar-refractivity contribution in [3.05, 3.63) is 33.0 Å². The SMILES string of the molecule is Cc1c(C(=O)Cl)cc([N+](=O)[O-])nc1C(F)F. The molecule has 0 aliphatic heterocycles. The van der Waals surface area contributed by atoms with Crippen LogP contribution in [0, 0.1) is 17.0 Å². The summed E-state index contributed by atoms with van der Waals surface area (Å²) < 4.78 is 25.0. The first-order chi connectivity index (χ1) is 7.34. The van der Waals surface area contributed by atoms with Crippen LogP contribution in [0.3, 0.4) is 0 Å². The van der Waals surface area contributed by atoms with E-state index in [0.29, 0.717) is 0 Å². The summed E-state index contributed by atoms with van der Waals surface area (Å²) in [6, 6.07) is 0.774. The quantitative estimate of drug-likeness (QED) is 0.469. The van der Waals surface area contributed by atoms with Crippen LogP contribution in [-0.4, -0.2) is 15.1 Å². The topological polar surface area (TPSA) is 73.1 Å². The van der Waals surface area contributed by atoms with Crippen molar-refractivity contribution in [2.45, 2.75) is 13.3 Å². The number of hydrogen-bond donors (Lipinski definition) is 0. The summed E-state index contributed by atoms with van der Waals surface area (Å²) in [5.41, 5.74) is -1.29. The van der Waals surface area contributed by atoms with Crippen molar-refractivity contribution >= 4 is 22.7 Å². The maximum atomic E-state index is 12.5. The third-order valence-electron chi connectivity index (χ3n) is 1.90. The number of nitro groups is 1. The zero-order valence-corrected chi connectivity index (χ0v) is 8.66. The van der Waals surface area contributed by atoms with Gasteiger partial charge in [-0.3, -0.25) is 4.79 Å². The molecule has 0 unspecified atom stereocenters. The Labute approximate surface area is 93.2 Å². The lowest BCUT2D eigenvalue weighted by atomic mass is 10.1. The van der Waals surface area contributed by atoms with Crippen LogP contribution in [0.25, 0.3) is 0 Å². The zero-order valence-electron chi connectivity index (χ0n) is 7.91. The van der Waals surface area contributed by atoms with Crippen LogP contribution in [0.5, 0.6) is 0 Å². The number of pyridine rings is 1. The molecule has 0 aromatic carbocycles. The molecule has 5 nitrogen and oxygen atoms in total. The zero-order chi connectivity index (χ0) is 12.5. The molecule has 0 bridgehead atoms. The van der Waals surface area contributed by atoms with E-state index in [1.54, 1.807) is 0 Å². The Morgan fingerprint density at radius 3 is 2.56 bits per heavy atom. The molecule has 0 spiro atoms. The molecule has 0 aliphatic carbocycles. The molecule has 1 aromatic heterocycles. The highest BCUT2D eigenvalue weighted by atomic mass is 35.5. The normalized spacial score (nSPS) is 10.6. The number of hydrogen-bond acceptors (Lipinski definition) is 4. The van der Waals surface area contributed by atoms with Crippen molar-refractivity contribution < 1.29 is 18.5 Å². The number of alkyl halides is 2. The Balaban J connectivity index is 3.51. The predicted molar refractivity (Wildman–Crippen MR) is 50.8 cm³/mol.